The molecule has 3 heterocycles. The van der Waals surface area contributed by atoms with Crippen molar-refractivity contribution in [3.63, 3.8) is 0 Å². The van der Waals surface area contributed by atoms with Crippen LogP contribution in [0.3, 0.4) is 0 Å². The fraction of sp³-hybridized carbons (Fsp3) is 0.458. The molecular weight excluding hydrogens is 485 g/mol. The predicted molar refractivity (Wildman–Crippen MR) is 128 cm³/mol. The normalized spacial score (nSPS) is 21.1. The van der Waals surface area contributed by atoms with E-state index in [9.17, 15) is 18.0 Å². The summed E-state index contributed by atoms with van der Waals surface area (Å²) in [5.41, 5.74) is 0.472. The number of pyridine rings is 1. The number of anilines is 2. The lowest BCUT2D eigenvalue weighted by atomic mass is 9.95. The van der Waals surface area contributed by atoms with Crippen molar-refractivity contribution >= 4 is 35.0 Å². The molecule has 4 rings (SSSR count). The first-order chi connectivity index (χ1) is 16.7. The van der Waals surface area contributed by atoms with Crippen molar-refractivity contribution < 1.29 is 27.4 Å². The average molecular weight is 511 g/mol. The molecule has 0 spiro atoms. The van der Waals surface area contributed by atoms with Crippen LogP contribution in [-0.4, -0.2) is 55.5 Å². The average Bonchev–Trinajstić information content (AvgIpc) is 3.17. The highest BCUT2D eigenvalue weighted by Crippen LogP contribution is 2.37. The van der Waals surface area contributed by atoms with Crippen molar-refractivity contribution in [2.24, 2.45) is 11.0 Å². The van der Waals surface area contributed by atoms with Gasteiger partial charge in [0.25, 0.3) is 0 Å². The highest BCUT2D eigenvalue weighted by molar-refractivity contribution is 6.33. The van der Waals surface area contributed by atoms with Gasteiger partial charge >= 0.3 is 6.18 Å². The van der Waals surface area contributed by atoms with Gasteiger partial charge in [0.2, 0.25) is 5.88 Å². The summed E-state index contributed by atoms with van der Waals surface area (Å²) in [6.07, 6.45) is -0.860. The van der Waals surface area contributed by atoms with Gasteiger partial charge in [-0.05, 0) is 24.3 Å². The number of aromatic nitrogens is 1. The SMILES string of the molecule is COc1cc(N2CCC(Oc3ccc(N4N=C(C(F)(F)F)C(C)C4CC=O)cc3)CC2)c(Cl)cn1. The first-order valence-electron chi connectivity index (χ1n) is 11.3. The van der Waals surface area contributed by atoms with Crippen LogP contribution in [0, 0.1) is 5.92 Å². The van der Waals surface area contributed by atoms with Gasteiger partial charge < -0.3 is 19.2 Å². The number of carbonyl (C=O) groups excluding carboxylic acids is 1. The Morgan fingerprint density at radius 1 is 1.20 bits per heavy atom. The summed E-state index contributed by atoms with van der Waals surface area (Å²) in [5, 5.41) is 5.65. The summed E-state index contributed by atoms with van der Waals surface area (Å²) in [6, 6.07) is 7.90. The molecule has 188 valence electrons. The lowest BCUT2D eigenvalue weighted by Gasteiger charge is -2.34. The van der Waals surface area contributed by atoms with Gasteiger partial charge in [0.1, 0.15) is 23.9 Å². The van der Waals surface area contributed by atoms with Gasteiger partial charge in [0, 0.05) is 44.3 Å². The number of nitrogens with zero attached hydrogens (tertiary/aromatic N) is 4. The highest BCUT2D eigenvalue weighted by atomic mass is 35.5. The van der Waals surface area contributed by atoms with Crippen LogP contribution in [0.15, 0.2) is 41.6 Å². The van der Waals surface area contributed by atoms with Crippen molar-refractivity contribution in [2.75, 3.05) is 30.1 Å². The number of aldehydes is 1. The Bertz CT molecular complexity index is 1070. The highest BCUT2D eigenvalue weighted by Gasteiger charge is 2.48. The van der Waals surface area contributed by atoms with E-state index in [2.05, 4.69) is 15.0 Å². The number of hydrogen-bond donors (Lipinski definition) is 0. The molecule has 1 fully saturated rings. The molecule has 1 aromatic carbocycles. The number of piperidine rings is 1. The quantitative estimate of drug-likeness (QED) is 0.481. The predicted octanol–water partition coefficient (Wildman–Crippen LogP) is 5.12. The third kappa shape index (κ3) is 5.47. The van der Waals surface area contributed by atoms with Crippen LogP contribution >= 0.6 is 11.6 Å². The van der Waals surface area contributed by atoms with E-state index in [0.29, 0.717) is 28.6 Å². The first-order valence-corrected chi connectivity index (χ1v) is 11.7. The van der Waals surface area contributed by atoms with E-state index in [1.54, 1.807) is 37.6 Å². The first kappa shape index (κ1) is 25.1. The van der Waals surface area contributed by atoms with Crippen LogP contribution in [-0.2, 0) is 4.79 Å². The molecule has 11 heteroatoms. The molecular formula is C24H26ClF3N4O3. The molecule has 0 radical (unpaired) electrons. The second-order valence-corrected chi connectivity index (χ2v) is 8.97. The van der Waals surface area contributed by atoms with E-state index >= 15 is 0 Å². The molecule has 0 saturated carbocycles. The standard InChI is InChI=1S/C24H26ClF3N4O3/c1-15-20(9-12-33)32(30-23(15)24(26,27)28)16-3-5-17(6-4-16)35-18-7-10-31(11-8-18)21-13-22(34-2)29-14-19(21)25/h3-6,12-15,18,20H,7-11H2,1-2H3. The molecule has 2 unspecified atom stereocenters. The smallest absolute Gasteiger partial charge is 0.431 e. The van der Waals surface area contributed by atoms with Crippen molar-refractivity contribution in [1.29, 1.82) is 0 Å². The van der Waals surface area contributed by atoms with Gasteiger partial charge in [0.15, 0.2) is 0 Å². The van der Waals surface area contributed by atoms with Crippen molar-refractivity contribution in [3.05, 3.63) is 41.6 Å². The third-order valence-electron chi connectivity index (χ3n) is 6.37. The molecule has 0 amide bonds. The van der Waals surface area contributed by atoms with E-state index in [-0.39, 0.29) is 12.5 Å². The topological polar surface area (TPSA) is 67.3 Å². The van der Waals surface area contributed by atoms with E-state index in [0.717, 1.165) is 31.6 Å². The maximum atomic E-state index is 13.3. The minimum absolute atomic E-state index is 0.0101. The molecule has 2 aliphatic rings. The van der Waals surface area contributed by atoms with Gasteiger partial charge in [-0.2, -0.15) is 18.3 Å². The van der Waals surface area contributed by atoms with Gasteiger partial charge in [-0.15, -0.1) is 0 Å². The van der Waals surface area contributed by atoms with Crippen LogP contribution < -0.4 is 19.4 Å². The number of carbonyl (C=O) groups is 1. The minimum Gasteiger partial charge on any atom is -0.490 e. The Morgan fingerprint density at radius 3 is 2.49 bits per heavy atom. The van der Waals surface area contributed by atoms with E-state index in [1.807, 2.05) is 6.07 Å². The lowest BCUT2D eigenvalue weighted by Crippen LogP contribution is -2.38. The van der Waals surface area contributed by atoms with Crippen LogP contribution in [0.5, 0.6) is 11.6 Å². The van der Waals surface area contributed by atoms with Gasteiger partial charge in [-0.3, -0.25) is 5.01 Å². The Morgan fingerprint density at radius 2 is 1.89 bits per heavy atom. The second kappa shape index (κ2) is 10.3. The maximum absolute atomic E-state index is 13.3. The molecule has 2 aromatic rings. The molecule has 1 saturated heterocycles. The Labute approximate surface area is 206 Å². The third-order valence-corrected chi connectivity index (χ3v) is 6.66. The summed E-state index contributed by atoms with van der Waals surface area (Å²) in [4.78, 5) is 17.3. The van der Waals surface area contributed by atoms with Crippen LogP contribution in [0.2, 0.25) is 5.02 Å². The number of rotatable bonds is 7. The number of halogens is 4. The molecule has 1 aromatic heterocycles. The number of ether oxygens (including phenoxy) is 2. The fourth-order valence-electron chi connectivity index (χ4n) is 4.49. The molecule has 0 aliphatic carbocycles. The number of alkyl halides is 3. The molecule has 2 atom stereocenters. The van der Waals surface area contributed by atoms with Crippen molar-refractivity contribution in [3.8, 4) is 11.6 Å². The van der Waals surface area contributed by atoms with Crippen molar-refractivity contribution in [1.82, 2.24) is 4.98 Å². The fourth-order valence-corrected chi connectivity index (χ4v) is 4.71. The summed E-state index contributed by atoms with van der Waals surface area (Å²) in [5.74, 6) is 0.211. The van der Waals surface area contributed by atoms with Gasteiger partial charge in [-0.1, -0.05) is 18.5 Å². The Balaban J connectivity index is 1.39. The van der Waals surface area contributed by atoms with Gasteiger partial charge in [-0.25, -0.2) is 4.98 Å². The molecule has 7 nitrogen and oxygen atoms in total. The van der Waals surface area contributed by atoms with Crippen LogP contribution in [0.1, 0.15) is 26.2 Å². The zero-order valence-corrected chi connectivity index (χ0v) is 20.1. The van der Waals surface area contributed by atoms with Crippen LogP contribution in [0.25, 0.3) is 0 Å². The Hall–Kier alpha value is -3.01. The number of benzene rings is 1. The number of hydrogen-bond acceptors (Lipinski definition) is 7. The van der Waals surface area contributed by atoms with E-state index < -0.39 is 23.8 Å². The van der Waals surface area contributed by atoms with E-state index in [4.69, 9.17) is 21.1 Å². The maximum Gasteiger partial charge on any atom is 0.431 e. The second-order valence-electron chi connectivity index (χ2n) is 8.56. The zero-order chi connectivity index (χ0) is 25.2. The van der Waals surface area contributed by atoms with Crippen molar-refractivity contribution in [2.45, 2.75) is 44.5 Å². The monoisotopic (exact) mass is 510 g/mol. The summed E-state index contributed by atoms with van der Waals surface area (Å²) < 4.78 is 51.4. The Kier molecular flexibility index (Phi) is 7.39. The number of hydrazone groups is 1. The van der Waals surface area contributed by atoms with Crippen LogP contribution in [0.4, 0.5) is 24.5 Å². The molecule has 35 heavy (non-hydrogen) atoms. The molecule has 0 bridgehead atoms. The lowest BCUT2D eigenvalue weighted by molar-refractivity contribution is -0.108. The summed E-state index contributed by atoms with van der Waals surface area (Å²) >= 11 is 6.31. The molecule has 2 aliphatic heterocycles. The van der Waals surface area contributed by atoms with Gasteiger partial charge in [0.05, 0.1) is 35.7 Å². The summed E-state index contributed by atoms with van der Waals surface area (Å²) in [6.45, 7) is 2.92. The minimum atomic E-state index is -4.54. The summed E-state index contributed by atoms with van der Waals surface area (Å²) in [7, 11) is 1.56. The zero-order valence-electron chi connectivity index (χ0n) is 19.3. The van der Waals surface area contributed by atoms with E-state index in [1.165, 1.54) is 11.9 Å². The molecule has 0 N–H and O–H groups in total. The number of methoxy groups -OCH3 is 1. The largest absolute Gasteiger partial charge is 0.490 e.